The van der Waals surface area contributed by atoms with Gasteiger partial charge in [0.05, 0.1) is 0 Å². The van der Waals surface area contributed by atoms with Gasteiger partial charge in [-0.05, 0) is 17.8 Å². The van der Waals surface area contributed by atoms with Crippen LogP contribution in [-0.4, -0.2) is 50.5 Å². The van der Waals surface area contributed by atoms with Crippen LogP contribution in [0.25, 0.3) is 0 Å². The Labute approximate surface area is 125 Å². The van der Waals surface area contributed by atoms with E-state index in [4.69, 9.17) is 4.99 Å². The summed E-state index contributed by atoms with van der Waals surface area (Å²) in [6.07, 6.45) is 1.21. The number of guanidine groups is 1. The smallest absolute Gasteiger partial charge is 0.195 e. The van der Waals surface area contributed by atoms with Crippen LogP contribution in [0.15, 0.2) is 4.99 Å². The molecule has 0 atom stereocenters. The second kappa shape index (κ2) is 8.16. The van der Waals surface area contributed by atoms with Gasteiger partial charge in [-0.3, -0.25) is 4.99 Å². The number of nitrogens with zero attached hydrogens (tertiary/aromatic N) is 3. The molecule has 0 saturated heterocycles. The fourth-order valence-electron chi connectivity index (χ4n) is 2.14. The molecule has 0 spiro atoms. The predicted molar refractivity (Wildman–Crippen MR) is 88.3 cm³/mol. The Morgan fingerprint density at radius 1 is 1.06 bits per heavy atom. The molecule has 0 rings (SSSR count). The second-order valence-corrected chi connectivity index (χ2v) is 6.17. The van der Waals surface area contributed by atoms with Crippen molar-refractivity contribution in [1.29, 1.82) is 0 Å². The maximum Gasteiger partial charge on any atom is 0.195 e. The molecule has 0 aromatic heterocycles. The van der Waals surface area contributed by atoms with Gasteiger partial charge in [-0.1, -0.05) is 27.7 Å². The van der Waals surface area contributed by atoms with Gasteiger partial charge >= 0.3 is 0 Å². The minimum atomic E-state index is 0. The molecule has 0 aromatic carbocycles. The Bertz CT molecular complexity index is 223. The van der Waals surface area contributed by atoms with Crippen LogP contribution in [0.2, 0.25) is 0 Å². The van der Waals surface area contributed by atoms with Crippen molar-refractivity contribution in [3.63, 3.8) is 0 Å². The van der Waals surface area contributed by atoms with Crippen LogP contribution in [0.3, 0.4) is 0 Å². The lowest BCUT2D eigenvalue weighted by Crippen LogP contribution is -2.36. The second-order valence-electron chi connectivity index (χ2n) is 6.17. The van der Waals surface area contributed by atoms with Crippen LogP contribution in [0, 0.1) is 11.3 Å². The summed E-state index contributed by atoms with van der Waals surface area (Å²) in [5.41, 5.74) is 0.283. The van der Waals surface area contributed by atoms with E-state index in [0.29, 0.717) is 0 Å². The molecule has 0 aliphatic rings. The largest absolute Gasteiger partial charge is 0.349 e. The van der Waals surface area contributed by atoms with E-state index in [9.17, 15) is 0 Å². The zero-order valence-electron chi connectivity index (χ0n) is 12.7. The van der Waals surface area contributed by atoms with Crippen molar-refractivity contribution < 1.29 is 0 Å². The van der Waals surface area contributed by atoms with Crippen LogP contribution in [-0.2, 0) is 0 Å². The summed E-state index contributed by atoms with van der Waals surface area (Å²) in [7, 11) is 8.14. The van der Waals surface area contributed by atoms with E-state index in [0.717, 1.165) is 18.4 Å². The third-order valence-corrected chi connectivity index (χ3v) is 2.41. The van der Waals surface area contributed by atoms with E-state index in [1.165, 1.54) is 6.42 Å². The van der Waals surface area contributed by atoms with Crippen molar-refractivity contribution in [2.24, 2.45) is 16.3 Å². The summed E-state index contributed by atoms with van der Waals surface area (Å²) < 4.78 is 0. The van der Waals surface area contributed by atoms with Gasteiger partial charge < -0.3 is 9.80 Å². The molecule has 17 heavy (non-hydrogen) atoms. The minimum absolute atomic E-state index is 0. The van der Waals surface area contributed by atoms with Crippen LogP contribution < -0.4 is 0 Å². The molecule has 4 heteroatoms. The molecule has 0 radical (unpaired) electrons. The lowest BCUT2D eigenvalue weighted by molar-refractivity contribution is 0.295. The lowest BCUT2D eigenvalue weighted by Gasteiger charge is -2.28. The third-order valence-electron chi connectivity index (χ3n) is 2.41. The van der Waals surface area contributed by atoms with E-state index in [-0.39, 0.29) is 29.4 Å². The lowest BCUT2D eigenvalue weighted by atomic mass is 9.84. The number of halogens is 1. The first kappa shape index (κ1) is 19.3. The fraction of sp³-hybridized carbons (Fsp3) is 0.923. The van der Waals surface area contributed by atoms with Crippen molar-refractivity contribution in [2.45, 2.75) is 34.1 Å². The van der Waals surface area contributed by atoms with Gasteiger partial charge in [0.15, 0.2) is 5.96 Å². The highest BCUT2D eigenvalue weighted by Gasteiger charge is 2.19. The minimum Gasteiger partial charge on any atom is -0.349 e. The third kappa shape index (κ3) is 8.69. The highest BCUT2D eigenvalue weighted by molar-refractivity contribution is 14.0. The Kier molecular flexibility index (Phi) is 9.29. The first-order chi connectivity index (χ1) is 7.15. The van der Waals surface area contributed by atoms with Crippen molar-refractivity contribution >= 4 is 29.9 Å². The number of aliphatic imine (C=N–C) groups is 1. The zero-order valence-corrected chi connectivity index (χ0v) is 15.1. The Hall–Kier alpha value is 0. The maximum absolute atomic E-state index is 4.72. The van der Waals surface area contributed by atoms with E-state index in [2.05, 4.69) is 37.5 Å². The summed E-state index contributed by atoms with van der Waals surface area (Å²) in [6.45, 7) is 10.0. The first-order valence-electron chi connectivity index (χ1n) is 6.05. The van der Waals surface area contributed by atoms with Crippen molar-refractivity contribution in [3.05, 3.63) is 0 Å². The molecule has 0 bridgehead atoms. The van der Waals surface area contributed by atoms with E-state index in [1.807, 2.05) is 28.2 Å². The molecule has 104 valence electrons. The molecule has 0 aromatic rings. The standard InChI is InChI=1S/C13H29N3.HI/c1-11(2)9-13(3,4)10-14-12(15(5)6)16(7)8;/h11H,9-10H2,1-8H3;1H. The van der Waals surface area contributed by atoms with Crippen LogP contribution in [0.5, 0.6) is 0 Å². The Morgan fingerprint density at radius 2 is 1.47 bits per heavy atom. The number of hydrogen-bond donors (Lipinski definition) is 0. The average Bonchev–Trinajstić information content (AvgIpc) is 1.99. The average molecular weight is 355 g/mol. The van der Waals surface area contributed by atoms with Gasteiger partial charge in [0.1, 0.15) is 0 Å². The summed E-state index contributed by atoms with van der Waals surface area (Å²) in [6, 6.07) is 0. The van der Waals surface area contributed by atoms with E-state index < -0.39 is 0 Å². The Morgan fingerprint density at radius 3 is 1.76 bits per heavy atom. The molecule has 0 saturated carbocycles. The van der Waals surface area contributed by atoms with E-state index in [1.54, 1.807) is 0 Å². The van der Waals surface area contributed by atoms with Crippen molar-refractivity contribution in [2.75, 3.05) is 34.7 Å². The van der Waals surface area contributed by atoms with Crippen molar-refractivity contribution in [1.82, 2.24) is 9.80 Å². The molecular weight excluding hydrogens is 325 g/mol. The number of hydrogen-bond acceptors (Lipinski definition) is 1. The maximum atomic E-state index is 4.72. The number of rotatable bonds is 4. The molecule has 0 fully saturated rings. The van der Waals surface area contributed by atoms with Crippen LogP contribution in [0.1, 0.15) is 34.1 Å². The highest BCUT2D eigenvalue weighted by Crippen LogP contribution is 2.25. The molecule has 0 amide bonds. The summed E-state index contributed by atoms with van der Waals surface area (Å²) in [4.78, 5) is 8.84. The van der Waals surface area contributed by atoms with Gasteiger partial charge in [-0.25, -0.2) is 0 Å². The van der Waals surface area contributed by atoms with Crippen LogP contribution >= 0.6 is 24.0 Å². The highest BCUT2D eigenvalue weighted by atomic mass is 127. The van der Waals surface area contributed by atoms with Gasteiger partial charge in [-0.2, -0.15) is 0 Å². The van der Waals surface area contributed by atoms with Gasteiger partial charge in [0.25, 0.3) is 0 Å². The quantitative estimate of drug-likeness (QED) is 0.438. The summed E-state index contributed by atoms with van der Waals surface area (Å²) in [5.74, 6) is 1.77. The van der Waals surface area contributed by atoms with E-state index >= 15 is 0 Å². The summed E-state index contributed by atoms with van der Waals surface area (Å²) >= 11 is 0. The topological polar surface area (TPSA) is 18.8 Å². The molecular formula is C13H30IN3. The first-order valence-corrected chi connectivity index (χ1v) is 6.05. The molecule has 0 aliphatic carbocycles. The fourth-order valence-corrected chi connectivity index (χ4v) is 2.14. The summed E-state index contributed by atoms with van der Waals surface area (Å²) in [5, 5.41) is 0. The Balaban J connectivity index is 0. The van der Waals surface area contributed by atoms with Crippen LogP contribution in [0.4, 0.5) is 0 Å². The molecule has 0 unspecified atom stereocenters. The molecule has 0 heterocycles. The van der Waals surface area contributed by atoms with Crippen molar-refractivity contribution in [3.8, 4) is 0 Å². The molecule has 0 aliphatic heterocycles. The monoisotopic (exact) mass is 355 g/mol. The molecule has 3 nitrogen and oxygen atoms in total. The van der Waals surface area contributed by atoms with Gasteiger partial charge in [0, 0.05) is 34.7 Å². The molecule has 0 N–H and O–H groups in total. The van der Waals surface area contributed by atoms with Gasteiger partial charge in [0.2, 0.25) is 0 Å². The SMILES string of the molecule is CC(C)CC(C)(C)CN=C(N(C)C)N(C)C.I. The predicted octanol–water partition coefficient (Wildman–Crippen LogP) is 3.16. The zero-order chi connectivity index (χ0) is 12.9. The normalized spacial score (nSPS) is 10.9. The van der Waals surface area contributed by atoms with Gasteiger partial charge in [-0.15, -0.1) is 24.0 Å².